The summed E-state index contributed by atoms with van der Waals surface area (Å²) in [7, 11) is 1.61. The van der Waals surface area contributed by atoms with Gasteiger partial charge in [0.1, 0.15) is 12.2 Å². The first-order valence-electron chi connectivity index (χ1n) is 6.66. The van der Waals surface area contributed by atoms with E-state index in [9.17, 15) is 5.11 Å². The number of hydrogen-bond acceptors (Lipinski definition) is 3. The van der Waals surface area contributed by atoms with Crippen LogP contribution in [-0.4, -0.2) is 22.0 Å². The first-order chi connectivity index (χ1) is 9.69. The number of halogens is 1. The lowest BCUT2D eigenvalue weighted by molar-refractivity contribution is -0.0196. The molecule has 0 spiro atoms. The highest BCUT2D eigenvalue weighted by molar-refractivity contribution is 9.10. The predicted octanol–water partition coefficient (Wildman–Crippen LogP) is 3.48. The fraction of sp³-hybridized carbons (Fsp3) is 0.400. The van der Waals surface area contributed by atoms with Crippen LogP contribution in [0.1, 0.15) is 36.8 Å². The summed E-state index contributed by atoms with van der Waals surface area (Å²) in [6.45, 7) is 2.85. The van der Waals surface area contributed by atoms with E-state index in [4.69, 9.17) is 4.74 Å². The SMILES string of the molecule is CCCn1ncc(Br)c1C(O)C(OC)c1ccccc1. The number of hydrogen-bond donors (Lipinski definition) is 1. The monoisotopic (exact) mass is 338 g/mol. The van der Waals surface area contributed by atoms with Crippen molar-refractivity contribution in [2.45, 2.75) is 32.1 Å². The van der Waals surface area contributed by atoms with E-state index < -0.39 is 12.2 Å². The largest absolute Gasteiger partial charge is 0.384 e. The molecule has 0 aliphatic heterocycles. The standard InChI is InChI=1S/C15H19BrN2O2/c1-3-9-18-13(12(16)10-17-18)14(19)15(20-2)11-7-5-4-6-8-11/h4-8,10,14-15,19H,3,9H2,1-2H3. The van der Waals surface area contributed by atoms with E-state index in [0.717, 1.165) is 28.7 Å². The van der Waals surface area contributed by atoms with Crippen LogP contribution in [0.3, 0.4) is 0 Å². The first kappa shape index (κ1) is 15.2. The van der Waals surface area contributed by atoms with Gasteiger partial charge in [0.15, 0.2) is 0 Å². The molecule has 0 radical (unpaired) electrons. The molecule has 4 nitrogen and oxygen atoms in total. The topological polar surface area (TPSA) is 47.3 Å². The van der Waals surface area contributed by atoms with Gasteiger partial charge >= 0.3 is 0 Å². The Hall–Kier alpha value is -1.17. The minimum atomic E-state index is -0.772. The molecule has 5 heteroatoms. The highest BCUT2D eigenvalue weighted by Crippen LogP contribution is 2.35. The van der Waals surface area contributed by atoms with Crippen molar-refractivity contribution in [3.63, 3.8) is 0 Å². The molecule has 2 aromatic rings. The molecule has 2 atom stereocenters. The second-order valence-electron chi connectivity index (χ2n) is 4.61. The van der Waals surface area contributed by atoms with Crippen molar-refractivity contribution in [2.75, 3.05) is 7.11 Å². The number of benzene rings is 1. The number of nitrogens with zero attached hydrogens (tertiary/aromatic N) is 2. The molecule has 2 rings (SSSR count). The summed E-state index contributed by atoms with van der Waals surface area (Å²) >= 11 is 3.46. The number of aromatic nitrogens is 2. The van der Waals surface area contributed by atoms with Crippen molar-refractivity contribution in [1.82, 2.24) is 9.78 Å². The van der Waals surface area contributed by atoms with E-state index in [1.165, 1.54) is 0 Å². The number of rotatable bonds is 6. The molecule has 0 bridgehead atoms. The molecule has 1 heterocycles. The summed E-state index contributed by atoms with van der Waals surface area (Å²) in [4.78, 5) is 0. The maximum atomic E-state index is 10.7. The molecular formula is C15H19BrN2O2. The van der Waals surface area contributed by atoms with Crippen LogP contribution in [0.25, 0.3) is 0 Å². The fourth-order valence-corrected chi connectivity index (χ4v) is 2.82. The highest BCUT2D eigenvalue weighted by Gasteiger charge is 2.27. The third-order valence-electron chi connectivity index (χ3n) is 3.22. The van der Waals surface area contributed by atoms with Gasteiger partial charge in [-0.15, -0.1) is 0 Å². The zero-order valence-electron chi connectivity index (χ0n) is 11.7. The summed E-state index contributed by atoms with van der Waals surface area (Å²) < 4.78 is 8.12. The maximum Gasteiger partial charge on any atom is 0.127 e. The van der Waals surface area contributed by atoms with E-state index in [1.807, 2.05) is 35.0 Å². The van der Waals surface area contributed by atoms with Crippen LogP contribution < -0.4 is 0 Å². The molecule has 1 aromatic carbocycles. The van der Waals surface area contributed by atoms with Gasteiger partial charge in [-0.25, -0.2) is 0 Å². The Morgan fingerprint density at radius 1 is 1.35 bits per heavy atom. The lowest BCUT2D eigenvalue weighted by Gasteiger charge is -2.23. The fourth-order valence-electron chi connectivity index (χ4n) is 2.29. The average Bonchev–Trinajstić information content (AvgIpc) is 2.82. The van der Waals surface area contributed by atoms with Crippen molar-refractivity contribution < 1.29 is 9.84 Å². The van der Waals surface area contributed by atoms with Gasteiger partial charge in [0.2, 0.25) is 0 Å². The Labute approximate surface area is 127 Å². The minimum absolute atomic E-state index is 0.417. The van der Waals surface area contributed by atoms with E-state index in [0.29, 0.717) is 0 Å². The van der Waals surface area contributed by atoms with E-state index in [1.54, 1.807) is 13.3 Å². The zero-order chi connectivity index (χ0) is 14.5. The maximum absolute atomic E-state index is 10.7. The van der Waals surface area contributed by atoms with Gasteiger partial charge in [0.05, 0.1) is 16.4 Å². The molecule has 0 saturated carbocycles. The Bertz CT molecular complexity index is 542. The molecule has 2 unspecified atom stereocenters. The Balaban J connectivity index is 2.34. The number of aliphatic hydroxyl groups excluding tert-OH is 1. The number of aryl methyl sites for hydroxylation is 1. The van der Waals surface area contributed by atoms with Crippen LogP contribution in [-0.2, 0) is 11.3 Å². The molecule has 0 saturated heterocycles. The summed E-state index contributed by atoms with van der Waals surface area (Å²) in [5.41, 5.74) is 1.70. The Morgan fingerprint density at radius 2 is 2.05 bits per heavy atom. The van der Waals surface area contributed by atoms with Crippen LogP contribution in [0.5, 0.6) is 0 Å². The summed E-state index contributed by atoms with van der Waals surface area (Å²) in [6.07, 6.45) is 1.48. The molecule has 0 amide bonds. The van der Waals surface area contributed by atoms with Crippen LogP contribution in [0.2, 0.25) is 0 Å². The molecule has 0 aliphatic rings. The van der Waals surface area contributed by atoms with Crippen molar-refractivity contribution in [2.24, 2.45) is 0 Å². The lowest BCUT2D eigenvalue weighted by Crippen LogP contribution is -2.18. The normalized spacial score (nSPS) is 14.2. The van der Waals surface area contributed by atoms with Crippen molar-refractivity contribution in [3.8, 4) is 0 Å². The molecule has 20 heavy (non-hydrogen) atoms. The van der Waals surface area contributed by atoms with Gasteiger partial charge in [-0.1, -0.05) is 37.3 Å². The molecule has 0 fully saturated rings. The summed E-state index contributed by atoms with van der Waals surface area (Å²) in [5.74, 6) is 0. The van der Waals surface area contributed by atoms with Gasteiger partial charge < -0.3 is 9.84 Å². The Kier molecular flexibility index (Phi) is 5.34. The van der Waals surface area contributed by atoms with Crippen molar-refractivity contribution in [3.05, 3.63) is 52.3 Å². The van der Waals surface area contributed by atoms with Gasteiger partial charge in [0, 0.05) is 13.7 Å². The number of ether oxygens (including phenoxy) is 1. The lowest BCUT2D eigenvalue weighted by atomic mass is 10.0. The van der Waals surface area contributed by atoms with Gasteiger partial charge in [-0.2, -0.15) is 5.10 Å². The summed E-state index contributed by atoms with van der Waals surface area (Å²) in [6, 6.07) is 9.72. The van der Waals surface area contributed by atoms with Crippen LogP contribution >= 0.6 is 15.9 Å². The van der Waals surface area contributed by atoms with Gasteiger partial charge in [-0.3, -0.25) is 4.68 Å². The smallest absolute Gasteiger partial charge is 0.127 e. The number of aliphatic hydroxyl groups is 1. The third kappa shape index (κ3) is 3.11. The van der Waals surface area contributed by atoms with Crippen LogP contribution in [0.4, 0.5) is 0 Å². The molecular weight excluding hydrogens is 320 g/mol. The minimum Gasteiger partial charge on any atom is -0.384 e. The average molecular weight is 339 g/mol. The molecule has 1 N–H and O–H groups in total. The van der Waals surface area contributed by atoms with Gasteiger partial charge in [-0.05, 0) is 27.9 Å². The second-order valence-corrected chi connectivity index (χ2v) is 5.47. The zero-order valence-corrected chi connectivity index (χ0v) is 13.2. The van der Waals surface area contributed by atoms with Crippen molar-refractivity contribution >= 4 is 15.9 Å². The first-order valence-corrected chi connectivity index (χ1v) is 7.45. The van der Waals surface area contributed by atoms with E-state index >= 15 is 0 Å². The van der Waals surface area contributed by atoms with Gasteiger partial charge in [0.25, 0.3) is 0 Å². The Morgan fingerprint density at radius 3 is 2.65 bits per heavy atom. The van der Waals surface area contributed by atoms with E-state index in [2.05, 4.69) is 28.0 Å². The van der Waals surface area contributed by atoms with Crippen LogP contribution in [0.15, 0.2) is 41.0 Å². The molecule has 1 aromatic heterocycles. The third-order valence-corrected chi connectivity index (χ3v) is 3.83. The summed E-state index contributed by atoms with van der Waals surface area (Å²) in [5, 5.41) is 15.0. The number of methoxy groups -OCH3 is 1. The molecule has 108 valence electrons. The van der Waals surface area contributed by atoms with E-state index in [-0.39, 0.29) is 0 Å². The van der Waals surface area contributed by atoms with Crippen molar-refractivity contribution in [1.29, 1.82) is 0 Å². The van der Waals surface area contributed by atoms with Crippen LogP contribution in [0, 0.1) is 0 Å². The quantitative estimate of drug-likeness (QED) is 0.877. The highest BCUT2D eigenvalue weighted by atomic mass is 79.9. The predicted molar refractivity (Wildman–Crippen MR) is 81.4 cm³/mol. The second kappa shape index (κ2) is 7.02. The molecule has 0 aliphatic carbocycles.